The second-order valence-electron chi connectivity index (χ2n) is 3.91. The van der Waals surface area contributed by atoms with E-state index in [0.29, 0.717) is 12.3 Å². The zero-order valence-corrected chi connectivity index (χ0v) is 10.4. The van der Waals surface area contributed by atoms with Gasteiger partial charge in [-0.25, -0.2) is 4.79 Å². The SMILES string of the molecule is [N-]=[N+]=NCC=Cc1ccc(-c2ccc(C(=O)O)o2)cc1. The molecular formula is C14H11N3O3. The number of furan rings is 1. The number of hydrogen-bond acceptors (Lipinski definition) is 3. The second-order valence-corrected chi connectivity index (χ2v) is 3.91. The van der Waals surface area contributed by atoms with Gasteiger partial charge in [-0.05, 0) is 23.2 Å². The zero-order chi connectivity index (χ0) is 14.4. The average Bonchev–Trinajstić information content (AvgIpc) is 2.94. The third-order valence-corrected chi connectivity index (χ3v) is 2.57. The molecule has 2 rings (SSSR count). The van der Waals surface area contributed by atoms with Gasteiger partial charge in [0.2, 0.25) is 5.76 Å². The van der Waals surface area contributed by atoms with Gasteiger partial charge in [0.1, 0.15) is 5.76 Å². The topological polar surface area (TPSA) is 99.2 Å². The molecule has 1 heterocycles. The molecule has 2 aromatic rings. The van der Waals surface area contributed by atoms with Crippen molar-refractivity contribution in [3.63, 3.8) is 0 Å². The first-order valence-electron chi connectivity index (χ1n) is 5.81. The summed E-state index contributed by atoms with van der Waals surface area (Å²) in [5.74, 6) is -0.667. The lowest BCUT2D eigenvalue weighted by atomic mass is 10.1. The van der Waals surface area contributed by atoms with Crippen molar-refractivity contribution >= 4 is 12.0 Å². The average molecular weight is 269 g/mol. The highest BCUT2D eigenvalue weighted by molar-refractivity contribution is 5.85. The number of aromatic carboxylic acids is 1. The van der Waals surface area contributed by atoms with Crippen molar-refractivity contribution in [3.05, 3.63) is 64.2 Å². The summed E-state index contributed by atoms with van der Waals surface area (Å²) in [6.07, 6.45) is 3.59. The van der Waals surface area contributed by atoms with Crippen LogP contribution >= 0.6 is 0 Å². The molecule has 0 bridgehead atoms. The van der Waals surface area contributed by atoms with Gasteiger partial charge in [-0.2, -0.15) is 0 Å². The van der Waals surface area contributed by atoms with E-state index in [1.807, 2.05) is 30.3 Å². The van der Waals surface area contributed by atoms with Crippen molar-refractivity contribution < 1.29 is 14.3 Å². The third-order valence-electron chi connectivity index (χ3n) is 2.57. The molecule has 6 nitrogen and oxygen atoms in total. The lowest BCUT2D eigenvalue weighted by Gasteiger charge is -1.98. The molecule has 100 valence electrons. The summed E-state index contributed by atoms with van der Waals surface area (Å²) in [4.78, 5) is 13.4. The van der Waals surface area contributed by atoms with Gasteiger partial charge in [-0.1, -0.05) is 41.5 Å². The number of carbonyl (C=O) groups is 1. The number of carboxylic acid groups (broad SMARTS) is 1. The lowest BCUT2D eigenvalue weighted by Crippen LogP contribution is -1.91. The van der Waals surface area contributed by atoms with Crippen LogP contribution in [-0.2, 0) is 0 Å². The van der Waals surface area contributed by atoms with Gasteiger partial charge in [-0.15, -0.1) is 0 Å². The molecule has 0 aliphatic heterocycles. The van der Waals surface area contributed by atoms with Crippen LogP contribution in [-0.4, -0.2) is 17.6 Å². The molecule has 0 radical (unpaired) electrons. The van der Waals surface area contributed by atoms with Crippen LogP contribution in [0.2, 0.25) is 0 Å². The van der Waals surface area contributed by atoms with Crippen LogP contribution in [0.1, 0.15) is 16.1 Å². The molecule has 1 aromatic carbocycles. The number of benzene rings is 1. The van der Waals surface area contributed by atoms with Gasteiger partial charge in [-0.3, -0.25) is 0 Å². The number of nitrogens with zero attached hydrogens (tertiary/aromatic N) is 3. The molecule has 1 N–H and O–H groups in total. The van der Waals surface area contributed by atoms with E-state index in [9.17, 15) is 4.79 Å². The maximum atomic E-state index is 10.7. The van der Waals surface area contributed by atoms with E-state index in [1.165, 1.54) is 6.07 Å². The van der Waals surface area contributed by atoms with Crippen molar-refractivity contribution in [1.82, 2.24) is 0 Å². The van der Waals surface area contributed by atoms with Crippen molar-refractivity contribution in [2.75, 3.05) is 6.54 Å². The van der Waals surface area contributed by atoms with Gasteiger partial charge < -0.3 is 9.52 Å². The zero-order valence-electron chi connectivity index (χ0n) is 10.4. The van der Waals surface area contributed by atoms with Crippen LogP contribution in [0.3, 0.4) is 0 Å². The fourth-order valence-corrected chi connectivity index (χ4v) is 1.64. The summed E-state index contributed by atoms with van der Waals surface area (Å²) >= 11 is 0. The Labute approximate surface area is 114 Å². The Bertz CT molecular complexity index is 680. The Morgan fingerprint density at radius 1 is 1.30 bits per heavy atom. The van der Waals surface area contributed by atoms with Crippen molar-refractivity contribution in [2.24, 2.45) is 5.11 Å². The Kier molecular flexibility index (Phi) is 4.21. The molecule has 0 saturated carbocycles. The highest BCUT2D eigenvalue weighted by Gasteiger charge is 2.09. The van der Waals surface area contributed by atoms with Crippen LogP contribution < -0.4 is 0 Å². The molecule has 0 aliphatic rings. The maximum Gasteiger partial charge on any atom is 0.371 e. The van der Waals surface area contributed by atoms with Crippen LogP contribution in [0, 0.1) is 0 Å². The van der Waals surface area contributed by atoms with Gasteiger partial charge >= 0.3 is 5.97 Å². The van der Waals surface area contributed by atoms with Gasteiger partial charge in [0, 0.05) is 17.0 Å². The minimum absolute atomic E-state index is 0.0849. The molecule has 0 aliphatic carbocycles. The quantitative estimate of drug-likeness (QED) is 0.505. The minimum Gasteiger partial charge on any atom is -0.475 e. The number of azide groups is 1. The number of hydrogen-bond donors (Lipinski definition) is 1. The molecule has 0 amide bonds. The molecule has 0 unspecified atom stereocenters. The number of rotatable bonds is 5. The monoisotopic (exact) mass is 269 g/mol. The first-order valence-corrected chi connectivity index (χ1v) is 5.81. The van der Waals surface area contributed by atoms with Gasteiger partial charge in [0.15, 0.2) is 0 Å². The van der Waals surface area contributed by atoms with E-state index < -0.39 is 5.97 Å². The Balaban J connectivity index is 2.12. The van der Waals surface area contributed by atoms with E-state index in [2.05, 4.69) is 10.0 Å². The Morgan fingerprint density at radius 2 is 2.05 bits per heavy atom. The standard InChI is InChI=1S/C14H11N3O3/c15-17-16-9-1-2-10-3-5-11(6-4-10)12-7-8-13(20-12)14(18)19/h1-8H,9H2,(H,18,19). The summed E-state index contributed by atoms with van der Waals surface area (Å²) in [7, 11) is 0. The van der Waals surface area contributed by atoms with E-state index in [4.69, 9.17) is 15.1 Å². The molecule has 20 heavy (non-hydrogen) atoms. The summed E-state index contributed by atoms with van der Waals surface area (Å²) in [5, 5.41) is 12.2. The molecule has 0 atom stereocenters. The van der Waals surface area contributed by atoms with Crippen molar-refractivity contribution in [3.8, 4) is 11.3 Å². The normalized spacial score (nSPS) is 10.4. The first-order chi connectivity index (χ1) is 9.70. The molecule has 0 saturated heterocycles. The molecule has 1 aromatic heterocycles. The molecule has 6 heteroatoms. The minimum atomic E-state index is -1.09. The van der Waals surface area contributed by atoms with E-state index >= 15 is 0 Å². The van der Waals surface area contributed by atoms with Crippen LogP contribution in [0.15, 0.2) is 52.0 Å². The van der Waals surface area contributed by atoms with Gasteiger partial charge in [0.05, 0.1) is 0 Å². The largest absolute Gasteiger partial charge is 0.475 e. The molecule has 0 spiro atoms. The lowest BCUT2D eigenvalue weighted by molar-refractivity contribution is 0.0663. The van der Waals surface area contributed by atoms with Crippen LogP contribution in [0.5, 0.6) is 0 Å². The summed E-state index contributed by atoms with van der Waals surface area (Å²) < 4.78 is 5.21. The highest BCUT2D eigenvalue weighted by atomic mass is 16.4. The fourth-order valence-electron chi connectivity index (χ4n) is 1.64. The Hall–Kier alpha value is -2.98. The van der Waals surface area contributed by atoms with E-state index in [-0.39, 0.29) is 5.76 Å². The smallest absolute Gasteiger partial charge is 0.371 e. The predicted molar refractivity (Wildman–Crippen MR) is 74.2 cm³/mol. The van der Waals surface area contributed by atoms with Crippen molar-refractivity contribution in [1.29, 1.82) is 0 Å². The third kappa shape index (κ3) is 3.28. The van der Waals surface area contributed by atoms with Crippen LogP contribution in [0.25, 0.3) is 27.8 Å². The summed E-state index contributed by atoms with van der Waals surface area (Å²) in [6, 6.07) is 10.4. The second kappa shape index (κ2) is 6.26. The van der Waals surface area contributed by atoms with Crippen molar-refractivity contribution in [2.45, 2.75) is 0 Å². The van der Waals surface area contributed by atoms with E-state index in [1.54, 1.807) is 12.1 Å². The maximum absolute atomic E-state index is 10.7. The summed E-state index contributed by atoms with van der Waals surface area (Å²) in [6.45, 7) is 0.304. The molecular weight excluding hydrogens is 258 g/mol. The first kappa shape index (κ1) is 13.5. The number of carboxylic acids is 1. The predicted octanol–water partition coefficient (Wildman–Crippen LogP) is 3.97. The van der Waals surface area contributed by atoms with Gasteiger partial charge in [0.25, 0.3) is 0 Å². The van der Waals surface area contributed by atoms with E-state index in [0.717, 1.165) is 11.1 Å². The highest BCUT2D eigenvalue weighted by Crippen LogP contribution is 2.22. The summed E-state index contributed by atoms with van der Waals surface area (Å²) in [5.41, 5.74) is 9.89. The van der Waals surface area contributed by atoms with Crippen LogP contribution in [0.4, 0.5) is 0 Å². The molecule has 0 fully saturated rings. The Morgan fingerprint density at radius 3 is 2.65 bits per heavy atom. The fraction of sp³-hybridized carbons (Fsp3) is 0.0714.